The van der Waals surface area contributed by atoms with Crippen LogP contribution < -0.4 is 5.63 Å². The summed E-state index contributed by atoms with van der Waals surface area (Å²) in [5, 5.41) is 10.5. The minimum absolute atomic E-state index is 0.0220. The molecule has 0 aliphatic rings. The summed E-state index contributed by atoms with van der Waals surface area (Å²) in [5.41, 5.74) is 1.77. The molecule has 3 rings (SSSR count). The van der Waals surface area contributed by atoms with E-state index in [1.165, 1.54) is 6.08 Å². The molecule has 0 fully saturated rings. The Hall–Kier alpha value is -2.59. The predicted octanol–water partition coefficient (Wildman–Crippen LogP) is 4.21. The lowest BCUT2D eigenvalue weighted by Gasteiger charge is -2.03. The van der Waals surface area contributed by atoms with E-state index < -0.39 is 5.63 Å². The van der Waals surface area contributed by atoms with Gasteiger partial charge in [-0.05, 0) is 36.8 Å². The van der Waals surface area contributed by atoms with Crippen LogP contribution in [0.1, 0.15) is 16.8 Å². The van der Waals surface area contributed by atoms with E-state index >= 15 is 0 Å². The van der Waals surface area contributed by atoms with Gasteiger partial charge < -0.3 is 9.52 Å². The number of rotatable bonds is 2. The van der Waals surface area contributed by atoms with Gasteiger partial charge in [0.05, 0.1) is 5.02 Å². The van der Waals surface area contributed by atoms with Crippen molar-refractivity contribution in [1.82, 2.24) is 4.98 Å². The minimum atomic E-state index is -0.614. The number of aryl methyl sites for hydroxylation is 1. The van der Waals surface area contributed by atoms with Crippen molar-refractivity contribution in [2.45, 2.75) is 6.92 Å². The fraction of sp³-hybridized carbons (Fsp3) is 0.0588. The van der Waals surface area contributed by atoms with Gasteiger partial charge in [0.2, 0.25) is 0 Å². The number of fused-ring (bicyclic) bond motifs is 1. The van der Waals surface area contributed by atoms with Gasteiger partial charge in [0.15, 0.2) is 11.3 Å². The number of hydrogen-bond donors (Lipinski definition) is 1. The Labute approximate surface area is 131 Å². The summed E-state index contributed by atoms with van der Waals surface area (Å²) in [6.07, 6.45) is 1.26. The molecule has 2 aromatic carbocycles. The van der Waals surface area contributed by atoms with Crippen molar-refractivity contribution < 1.29 is 9.52 Å². The molecule has 0 aliphatic heterocycles. The van der Waals surface area contributed by atoms with Gasteiger partial charge >= 0.3 is 5.63 Å². The van der Waals surface area contributed by atoms with Gasteiger partial charge in [0.25, 0.3) is 0 Å². The summed E-state index contributed by atoms with van der Waals surface area (Å²) < 4.78 is 5.23. The normalized spacial score (nSPS) is 11.8. The van der Waals surface area contributed by atoms with Gasteiger partial charge in [-0.15, -0.1) is 0 Å². The monoisotopic (exact) mass is 313 g/mol. The lowest BCUT2D eigenvalue weighted by molar-refractivity contribution is 0.514. The lowest BCUT2D eigenvalue weighted by Crippen LogP contribution is -2.06. The van der Waals surface area contributed by atoms with Crippen molar-refractivity contribution in [2.75, 3.05) is 0 Å². The van der Waals surface area contributed by atoms with Crippen LogP contribution in [0.15, 0.2) is 51.7 Å². The Bertz CT molecular complexity index is 944. The van der Waals surface area contributed by atoms with Gasteiger partial charge in [-0.2, -0.15) is 0 Å². The molecule has 0 atom stereocenters. The molecular formula is C17H12ClNO3. The smallest absolute Gasteiger partial charge is 0.362 e. The van der Waals surface area contributed by atoms with Crippen LogP contribution in [0.5, 0.6) is 0 Å². The fourth-order valence-electron chi connectivity index (χ4n) is 2.09. The van der Waals surface area contributed by atoms with Gasteiger partial charge in [0.1, 0.15) is 11.3 Å². The third-order valence-corrected chi connectivity index (χ3v) is 3.52. The third-order valence-electron chi connectivity index (χ3n) is 3.19. The summed E-state index contributed by atoms with van der Waals surface area (Å²) in [7, 11) is 0. The zero-order valence-electron chi connectivity index (χ0n) is 11.7. The highest BCUT2D eigenvalue weighted by molar-refractivity contribution is 6.32. The van der Waals surface area contributed by atoms with Gasteiger partial charge in [-0.1, -0.05) is 29.8 Å². The molecule has 0 aliphatic carbocycles. The highest BCUT2D eigenvalue weighted by Gasteiger charge is 2.09. The highest BCUT2D eigenvalue weighted by Crippen LogP contribution is 2.23. The first kappa shape index (κ1) is 14.4. The maximum Gasteiger partial charge on any atom is 0.362 e. The Kier molecular flexibility index (Phi) is 3.69. The number of aliphatic hydroxyl groups is 1. The number of nitrogens with zero attached hydrogens (tertiary/aromatic N) is 1. The standard InChI is InChI=1S/C17H12ClNO3/c1-10-6-7-13-16(8-10)22-17(21)14(19-13)9-15(20)11-4-2-3-5-12(11)18/h2-9,20H,1H3. The average molecular weight is 314 g/mol. The van der Waals surface area contributed by atoms with Gasteiger partial charge in [-0.3, -0.25) is 0 Å². The summed E-state index contributed by atoms with van der Waals surface area (Å²) >= 11 is 6.01. The van der Waals surface area contributed by atoms with E-state index in [1.54, 1.807) is 36.4 Å². The van der Waals surface area contributed by atoms with E-state index in [2.05, 4.69) is 4.98 Å². The van der Waals surface area contributed by atoms with Crippen LogP contribution >= 0.6 is 11.6 Å². The van der Waals surface area contributed by atoms with Crippen molar-refractivity contribution in [3.8, 4) is 0 Å². The van der Waals surface area contributed by atoms with Crippen molar-refractivity contribution in [1.29, 1.82) is 0 Å². The Morgan fingerprint density at radius 1 is 1.27 bits per heavy atom. The molecule has 1 heterocycles. The van der Waals surface area contributed by atoms with E-state index in [0.717, 1.165) is 5.56 Å². The van der Waals surface area contributed by atoms with Crippen LogP contribution in [0.25, 0.3) is 22.9 Å². The zero-order valence-corrected chi connectivity index (χ0v) is 12.5. The van der Waals surface area contributed by atoms with Crippen molar-refractivity contribution in [3.05, 3.63) is 74.7 Å². The second-order valence-corrected chi connectivity index (χ2v) is 5.27. The van der Waals surface area contributed by atoms with Crippen molar-refractivity contribution >= 4 is 34.5 Å². The van der Waals surface area contributed by atoms with Crippen LogP contribution in [-0.2, 0) is 0 Å². The molecule has 0 bridgehead atoms. The minimum Gasteiger partial charge on any atom is -0.507 e. The molecule has 110 valence electrons. The number of aromatic nitrogens is 1. The molecule has 0 amide bonds. The number of halogens is 1. The summed E-state index contributed by atoms with van der Waals surface area (Å²) in [4.78, 5) is 16.2. The van der Waals surface area contributed by atoms with E-state index in [1.807, 2.05) is 13.0 Å². The summed E-state index contributed by atoms with van der Waals surface area (Å²) in [6.45, 7) is 1.90. The molecule has 1 N–H and O–H groups in total. The van der Waals surface area contributed by atoms with Crippen molar-refractivity contribution in [2.24, 2.45) is 0 Å². The first-order chi connectivity index (χ1) is 10.5. The number of hydrogen-bond acceptors (Lipinski definition) is 4. The second kappa shape index (κ2) is 5.66. The van der Waals surface area contributed by atoms with E-state index in [4.69, 9.17) is 16.0 Å². The van der Waals surface area contributed by atoms with E-state index in [-0.39, 0.29) is 11.5 Å². The van der Waals surface area contributed by atoms with Crippen LogP contribution in [0.3, 0.4) is 0 Å². The maximum absolute atomic E-state index is 12.0. The molecule has 0 unspecified atom stereocenters. The predicted molar refractivity (Wildman–Crippen MR) is 87.0 cm³/mol. The van der Waals surface area contributed by atoms with Crippen LogP contribution in [0.2, 0.25) is 5.02 Å². The number of benzene rings is 2. The second-order valence-electron chi connectivity index (χ2n) is 4.87. The number of aliphatic hydroxyl groups excluding tert-OH is 1. The topological polar surface area (TPSA) is 63.3 Å². The van der Waals surface area contributed by atoms with Crippen LogP contribution in [0.4, 0.5) is 0 Å². The Balaban J connectivity index is 2.12. The zero-order chi connectivity index (χ0) is 15.7. The molecule has 22 heavy (non-hydrogen) atoms. The molecule has 0 radical (unpaired) electrons. The molecule has 0 saturated heterocycles. The van der Waals surface area contributed by atoms with Crippen LogP contribution in [-0.4, -0.2) is 10.1 Å². The molecular weight excluding hydrogens is 302 g/mol. The van der Waals surface area contributed by atoms with Crippen LogP contribution in [0, 0.1) is 6.92 Å². The molecule has 5 heteroatoms. The molecule has 3 aromatic rings. The van der Waals surface area contributed by atoms with Gasteiger partial charge in [0, 0.05) is 11.6 Å². The third kappa shape index (κ3) is 2.73. The van der Waals surface area contributed by atoms with E-state index in [9.17, 15) is 9.90 Å². The van der Waals surface area contributed by atoms with Gasteiger partial charge in [-0.25, -0.2) is 9.78 Å². The first-order valence-electron chi connectivity index (χ1n) is 6.61. The fourth-order valence-corrected chi connectivity index (χ4v) is 2.32. The molecule has 4 nitrogen and oxygen atoms in total. The SMILES string of the molecule is Cc1ccc2nc(C=C(O)c3ccccc3Cl)c(=O)oc2c1. The Morgan fingerprint density at radius 2 is 2.05 bits per heavy atom. The highest BCUT2D eigenvalue weighted by atomic mass is 35.5. The largest absolute Gasteiger partial charge is 0.507 e. The average Bonchev–Trinajstić information content (AvgIpc) is 2.48. The summed E-state index contributed by atoms with van der Waals surface area (Å²) in [6, 6.07) is 12.2. The maximum atomic E-state index is 12.0. The van der Waals surface area contributed by atoms with Crippen molar-refractivity contribution in [3.63, 3.8) is 0 Å². The first-order valence-corrected chi connectivity index (χ1v) is 6.99. The molecule has 1 aromatic heterocycles. The summed E-state index contributed by atoms with van der Waals surface area (Å²) in [5.74, 6) is -0.142. The van der Waals surface area contributed by atoms with E-state index in [0.29, 0.717) is 21.7 Å². The Morgan fingerprint density at radius 3 is 2.82 bits per heavy atom. The lowest BCUT2D eigenvalue weighted by atomic mass is 10.1. The quantitative estimate of drug-likeness (QED) is 0.720. The molecule has 0 spiro atoms. The molecule has 0 saturated carbocycles.